The van der Waals surface area contributed by atoms with E-state index in [1.165, 1.54) is 6.26 Å². The second kappa shape index (κ2) is 8.16. The fraction of sp³-hybridized carbons (Fsp3) is 0.462. The van der Waals surface area contributed by atoms with Crippen LogP contribution in [0.25, 0.3) is 0 Å². The zero-order valence-corrected chi connectivity index (χ0v) is 13.1. The molecular formula is C13H20N2O3S2. The van der Waals surface area contributed by atoms with Gasteiger partial charge in [-0.2, -0.15) is 11.8 Å². The molecule has 1 aromatic rings. The van der Waals surface area contributed by atoms with Gasteiger partial charge in [-0.3, -0.25) is 4.79 Å². The first-order valence-corrected chi connectivity index (χ1v) is 9.49. The Bertz CT molecular complexity index is 544. The Labute approximate surface area is 124 Å². The second-order valence-electron chi connectivity index (χ2n) is 4.52. The lowest BCUT2D eigenvalue weighted by atomic mass is 10.2. The van der Waals surface area contributed by atoms with Gasteiger partial charge in [0.15, 0.2) is 0 Å². The van der Waals surface area contributed by atoms with Gasteiger partial charge < -0.3 is 11.1 Å². The van der Waals surface area contributed by atoms with Crippen LogP contribution in [0.1, 0.15) is 12.8 Å². The second-order valence-corrected chi connectivity index (χ2v) is 8.00. The standard InChI is InChI=1S/C13H20N2O3S2/c1-20(17,18)9-8-19-7-3-6-13(16)15-12-5-2-4-11(14)10-12/h2,4-5,10H,3,6-9,14H2,1H3,(H,15,16). The van der Waals surface area contributed by atoms with Crippen molar-refractivity contribution >= 4 is 38.9 Å². The molecule has 0 spiro atoms. The summed E-state index contributed by atoms with van der Waals surface area (Å²) in [4.78, 5) is 11.7. The molecule has 1 amide bonds. The van der Waals surface area contributed by atoms with E-state index < -0.39 is 9.84 Å². The predicted molar refractivity (Wildman–Crippen MR) is 85.8 cm³/mol. The number of nitrogens with one attached hydrogen (secondary N) is 1. The first kappa shape index (κ1) is 16.8. The number of sulfone groups is 1. The van der Waals surface area contributed by atoms with E-state index in [1.54, 1.807) is 36.0 Å². The van der Waals surface area contributed by atoms with E-state index in [4.69, 9.17) is 5.73 Å². The third-order valence-electron chi connectivity index (χ3n) is 2.46. The summed E-state index contributed by atoms with van der Waals surface area (Å²) in [6.45, 7) is 0. The zero-order valence-electron chi connectivity index (χ0n) is 11.5. The van der Waals surface area contributed by atoms with Crippen molar-refractivity contribution in [2.24, 2.45) is 0 Å². The normalized spacial score (nSPS) is 11.2. The Kier molecular flexibility index (Phi) is 6.87. The maximum absolute atomic E-state index is 11.7. The molecule has 0 atom stereocenters. The van der Waals surface area contributed by atoms with Crippen molar-refractivity contribution in [2.75, 3.05) is 34.6 Å². The fourth-order valence-corrected chi connectivity index (χ4v) is 3.72. The van der Waals surface area contributed by atoms with Crippen LogP contribution in [-0.2, 0) is 14.6 Å². The molecule has 0 unspecified atom stereocenters. The Morgan fingerprint density at radius 2 is 2.10 bits per heavy atom. The summed E-state index contributed by atoms with van der Waals surface area (Å²) in [5.74, 6) is 1.49. The van der Waals surface area contributed by atoms with Crippen LogP contribution in [0.2, 0.25) is 0 Å². The van der Waals surface area contributed by atoms with Gasteiger partial charge in [-0.25, -0.2) is 8.42 Å². The molecule has 0 saturated carbocycles. The van der Waals surface area contributed by atoms with Gasteiger partial charge in [-0.15, -0.1) is 0 Å². The number of carbonyl (C=O) groups excluding carboxylic acids is 1. The van der Waals surface area contributed by atoms with Crippen LogP contribution in [-0.4, -0.2) is 37.8 Å². The van der Waals surface area contributed by atoms with Gasteiger partial charge in [-0.1, -0.05) is 6.07 Å². The minimum Gasteiger partial charge on any atom is -0.399 e. The van der Waals surface area contributed by atoms with Gasteiger partial charge in [0.25, 0.3) is 0 Å². The van der Waals surface area contributed by atoms with E-state index in [9.17, 15) is 13.2 Å². The molecule has 0 aliphatic carbocycles. The molecule has 1 aromatic carbocycles. The molecule has 0 fully saturated rings. The molecule has 1 rings (SSSR count). The quantitative estimate of drug-likeness (QED) is 0.563. The Hall–Kier alpha value is -1.21. The molecule has 0 bridgehead atoms. The summed E-state index contributed by atoms with van der Waals surface area (Å²) in [7, 11) is -2.88. The summed E-state index contributed by atoms with van der Waals surface area (Å²) in [5, 5.41) is 2.77. The van der Waals surface area contributed by atoms with Crippen molar-refractivity contribution in [1.29, 1.82) is 0 Å². The smallest absolute Gasteiger partial charge is 0.224 e. The zero-order chi connectivity index (χ0) is 15.0. The van der Waals surface area contributed by atoms with Gasteiger partial charge >= 0.3 is 0 Å². The van der Waals surface area contributed by atoms with Crippen LogP contribution in [0.4, 0.5) is 11.4 Å². The van der Waals surface area contributed by atoms with Gasteiger partial charge in [-0.05, 0) is 30.4 Å². The lowest BCUT2D eigenvalue weighted by Crippen LogP contribution is -2.12. The van der Waals surface area contributed by atoms with Crippen molar-refractivity contribution < 1.29 is 13.2 Å². The van der Waals surface area contributed by atoms with Gasteiger partial charge in [0.1, 0.15) is 9.84 Å². The molecule has 5 nitrogen and oxygen atoms in total. The highest BCUT2D eigenvalue weighted by Gasteiger charge is 2.04. The number of carbonyl (C=O) groups is 1. The number of benzene rings is 1. The van der Waals surface area contributed by atoms with Crippen molar-refractivity contribution in [3.8, 4) is 0 Å². The number of rotatable bonds is 8. The van der Waals surface area contributed by atoms with E-state index in [1.807, 2.05) is 0 Å². The van der Waals surface area contributed by atoms with Crippen LogP contribution in [0.5, 0.6) is 0 Å². The van der Waals surface area contributed by atoms with Crippen molar-refractivity contribution in [3.05, 3.63) is 24.3 Å². The average molecular weight is 316 g/mol. The number of amides is 1. The fourth-order valence-electron chi connectivity index (χ4n) is 1.49. The van der Waals surface area contributed by atoms with Crippen molar-refractivity contribution in [2.45, 2.75) is 12.8 Å². The van der Waals surface area contributed by atoms with E-state index in [0.717, 1.165) is 12.2 Å². The highest BCUT2D eigenvalue weighted by Crippen LogP contribution is 2.13. The monoisotopic (exact) mass is 316 g/mol. The Morgan fingerprint density at radius 3 is 2.75 bits per heavy atom. The highest BCUT2D eigenvalue weighted by molar-refractivity contribution is 8.00. The number of anilines is 2. The van der Waals surface area contributed by atoms with E-state index in [0.29, 0.717) is 23.5 Å². The molecule has 20 heavy (non-hydrogen) atoms. The number of hydrogen-bond donors (Lipinski definition) is 2. The molecule has 7 heteroatoms. The van der Waals surface area contributed by atoms with E-state index in [-0.39, 0.29) is 11.7 Å². The van der Waals surface area contributed by atoms with E-state index >= 15 is 0 Å². The van der Waals surface area contributed by atoms with E-state index in [2.05, 4.69) is 5.32 Å². The van der Waals surface area contributed by atoms with Crippen molar-refractivity contribution in [3.63, 3.8) is 0 Å². The Morgan fingerprint density at radius 1 is 1.35 bits per heavy atom. The largest absolute Gasteiger partial charge is 0.399 e. The molecule has 0 heterocycles. The van der Waals surface area contributed by atoms with Crippen LogP contribution in [0.3, 0.4) is 0 Å². The van der Waals surface area contributed by atoms with Gasteiger partial charge in [0.2, 0.25) is 5.91 Å². The third kappa shape index (κ3) is 8.06. The molecule has 0 radical (unpaired) electrons. The number of nitrogens with two attached hydrogens (primary N) is 1. The maximum Gasteiger partial charge on any atom is 0.224 e. The molecule has 0 aliphatic heterocycles. The average Bonchev–Trinajstić information content (AvgIpc) is 2.32. The summed E-state index contributed by atoms with van der Waals surface area (Å²) in [6.07, 6.45) is 2.37. The number of hydrogen-bond acceptors (Lipinski definition) is 5. The predicted octanol–water partition coefficient (Wildman–Crippen LogP) is 1.77. The van der Waals surface area contributed by atoms with Crippen LogP contribution in [0.15, 0.2) is 24.3 Å². The molecule has 0 saturated heterocycles. The summed E-state index contributed by atoms with van der Waals surface area (Å²) < 4.78 is 21.8. The number of thioether (sulfide) groups is 1. The first-order chi connectivity index (χ1) is 9.37. The minimum absolute atomic E-state index is 0.0562. The van der Waals surface area contributed by atoms with Crippen LogP contribution < -0.4 is 11.1 Å². The van der Waals surface area contributed by atoms with Crippen molar-refractivity contribution in [1.82, 2.24) is 0 Å². The first-order valence-electron chi connectivity index (χ1n) is 6.28. The topological polar surface area (TPSA) is 89.3 Å². The number of nitrogen functional groups attached to an aromatic ring is 1. The molecule has 0 aromatic heterocycles. The lowest BCUT2D eigenvalue weighted by Gasteiger charge is -2.05. The summed E-state index contributed by atoms with van der Waals surface area (Å²) >= 11 is 1.55. The molecule has 112 valence electrons. The van der Waals surface area contributed by atoms with Crippen LogP contribution >= 0.6 is 11.8 Å². The summed E-state index contributed by atoms with van der Waals surface area (Å²) in [6, 6.07) is 7.04. The summed E-state index contributed by atoms with van der Waals surface area (Å²) in [5.41, 5.74) is 6.93. The maximum atomic E-state index is 11.7. The lowest BCUT2D eigenvalue weighted by molar-refractivity contribution is -0.116. The third-order valence-corrected chi connectivity index (χ3v) is 4.74. The molecular weight excluding hydrogens is 296 g/mol. The van der Waals surface area contributed by atoms with Gasteiger partial charge in [0.05, 0.1) is 5.75 Å². The Balaban J connectivity index is 2.15. The van der Waals surface area contributed by atoms with Gasteiger partial charge in [0, 0.05) is 29.8 Å². The minimum atomic E-state index is -2.88. The molecule has 3 N–H and O–H groups in total. The SMILES string of the molecule is CS(=O)(=O)CCSCCCC(=O)Nc1cccc(N)c1. The highest BCUT2D eigenvalue weighted by atomic mass is 32.2. The van der Waals surface area contributed by atoms with Crippen LogP contribution in [0, 0.1) is 0 Å². The molecule has 0 aliphatic rings.